The standard InChI is InChI=1S/C15H23N3O3/c1-10(14(20)18-15(2,3)4)17-11-6-5-7-12(8-11)21-9-13(16)19/h5-8,10,17H,9H2,1-4H3,(H2,16,19)(H,18,20)/t10-/m0/s1. The number of primary amides is 1. The lowest BCUT2D eigenvalue weighted by Crippen LogP contribution is -2.47. The van der Waals surface area contributed by atoms with E-state index in [2.05, 4.69) is 10.6 Å². The quantitative estimate of drug-likeness (QED) is 0.736. The van der Waals surface area contributed by atoms with Crippen LogP contribution in [0.15, 0.2) is 24.3 Å². The molecule has 0 saturated carbocycles. The average Bonchev–Trinajstić information content (AvgIpc) is 2.34. The van der Waals surface area contributed by atoms with Crippen molar-refractivity contribution in [3.05, 3.63) is 24.3 Å². The Morgan fingerprint density at radius 1 is 1.33 bits per heavy atom. The third-order valence-electron chi connectivity index (χ3n) is 2.49. The normalized spacial score (nSPS) is 12.4. The fourth-order valence-corrected chi connectivity index (χ4v) is 1.62. The summed E-state index contributed by atoms with van der Waals surface area (Å²) in [4.78, 5) is 22.7. The Balaban J connectivity index is 2.63. The van der Waals surface area contributed by atoms with E-state index in [1.165, 1.54) is 0 Å². The molecule has 0 heterocycles. The summed E-state index contributed by atoms with van der Waals surface area (Å²) >= 11 is 0. The van der Waals surface area contributed by atoms with Gasteiger partial charge in [0.2, 0.25) is 5.91 Å². The largest absolute Gasteiger partial charge is 0.484 e. The molecule has 0 saturated heterocycles. The molecule has 1 rings (SSSR count). The second-order valence-corrected chi connectivity index (χ2v) is 5.89. The smallest absolute Gasteiger partial charge is 0.255 e. The highest BCUT2D eigenvalue weighted by Gasteiger charge is 2.19. The number of anilines is 1. The van der Waals surface area contributed by atoms with Crippen molar-refractivity contribution in [2.24, 2.45) is 5.73 Å². The van der Waals surface area contributed by atoms with E-state index in [0.29, 0.717) is 5.75 Å². The maximum absolute atomic E-state index is 12.0. The molecule has 0 aromatic heterocycles. The van der Waals surface area contributed by atoms with Gasteiger partial charge in [0.1, 0.15) is 11.8 Å². The zero-order valence-corrected chi connectivity index (χ0v) is 12.9. The first-order chi connectivity index (χ1) is 9.67. The van der Waals surface area contributed by atoms with Gasteiger partial charge in [0.05, 0.1) is 0 Å². The molecule has 6 heteroatoms. The van der Waals surface area contributed by atoms with Crippen molar-refractivity contribution in [2.45, 2.75) is 39.3 Å². The Morgan fingerprint density at radius 3 is 2.57 bits per heavy atom. The summed E-state index contributed by atoms with van der Waals surface area (Å²) in [5, 5.41) is 5.98. The molecule has 1 atom stereocenters. The second kappa shape index (κ2) is 6.97. The molecule has 0 fully saturated rings. The number of hydrogen-bond acceptors (Lipinski definition) is 4. The molecule has 4 N–H and O–H groups in total. The fourth-order valence-electron chi connectivity index (χ4n) is 1.62. The number of carbonyl (C=O) groups excluding carboxylic acids is 2. The van der Waals surface area contributed by atoms with Gasteiger partial charge in [-0.1, -0.05) is 6.07 Å². The molecule has 1 aromatic carbocycles. The number of hydrogen-bond donors (Lipinski definition) is 3. The van der Waals surface area contributed by atoms with E-state index >= 15 is 0 Å². The number of nitrogens with one attached hydrogen (secondary N) is 2. The Labute approximate surface area is 125 Å². The van der Waals surface area contributed by atoms with Gasteiger partial charge in [-0.3, -0.25) is 9.59 Å². The average molecular weight is 293 g/mol. The van der Waals surface area contributed by atoms with E-state index in [-0.39, 0.29) is 18.1 Å². The zero-order valence-electron chi connectivity index (χ0n) is 12.9. The van der Waals surface area contributed by atoms with Gasteiger partial charge in [-0.2, -0.15) is 0 Å². The highest BCUT2D eigenvalue weighted by molar-refractivity contribution is 5.84. The molecule has 1 aromatic rings. The molecule has 2 amide bonds. The van der Waals surface area contributed by atoms with E-state index in [4.69, 9.17) is 10.5 Å². The fraction of sp³-hybridized carbons (Fsp3) is 0.467. The number of nitrogens with two attached hydrogens (primary N) is 1. The SMILES string of the molecule is C[C@H](Nc1cccc(OCC(N)=O)c1)C(=O)NC(C)(C)C. The summed E-state index contributed by atoms with van der Waals surface area (Å²) < 4.78 is 5.22. The molecule has 0 aliphatic heterocycles. The maximum atomic E-state index is 12.0. The van der Waals surface area contributed by atoms with Crippen LogP contribution < -0.4 is 21.1 Å². The zero-order chi connectivity index (χ0) is 16.0. The van der Waals surface area contributed by atoms with Gasteiger partial charge >= 0.3 is 0 Å². The minimum atomic E-state index is -0.536. The van der Waals surface area contributed by atoms with Crippen LogP contribution in [0.5, 0.6) is 5.75 Å². The monoisotopic (exact) mass is 293 g/mol. The van der Waals surface area contributed by atoms with Crippen LogP contribution in [0, 0.1) is 0 Å². The number of amides is 2. The Morgan fingerprint density at radius 2 is 2.00 bits per heavy atom. The Kier molecular flexibility index (Phi) is 5.58. The second-order valence-electron chi connectivity index (χ2n) is 5.89. The summed E-state index contributed by atoms with van der Waals surface area (Å²) in [5.41, 5.74) is 5.48. The lowest BCUT2D eigenvalue weighted by Gasteiger charge is -2.24. The first-order valence-electron chi connectivity index (χ1n) is 6.77. The molecule has 116 valence electrons. The Hall–Kier alpha value is -2.24. The van der Waals surface area contributed by atoms with Gasteiger partial charge in [-0.15, -0.1) is 0 Å². The molecule has 0 aliphatic carbocycles. The van der Waals surface area contributed by atoms with Crippen LogP contribution in [-0.2, 0) is 9.59 Å². The van der Waals surface area contributed by atoms with E-state index < -0.39 is 11.9 Å². The van der Waals surface area contributed by atoms with E-state index in [9.17, 15) is 9.59 Å². The first-order valence-corrected chi connectivity index (χ1v) is 6.77. The van der Waals surface area contributed by atoms with Crippen LogP contribution in [0.4, 0.5) is 5.69 Å². The minimum absolute atomic E-state index is 0.0917. The van der Waals surface area contributed by atoms with Gasteiger partial charge in [0.25, 0.3) is 5.91 Å². The molecular weight excluding hydrogens is 270 g/mol. The summed E-state index contributed by atoms with van der Waals surface area (Å²) in [7, 11) is 0. The van der Waals surface area contributed by atoms with E-state index in [0.717, 1.165) is 5.69 Å². The topological polar surface area (TPSA) is 93.4 Å². The first kappa shape index (κ1) is 16.8. The lowest BCUT2D eigenvalue weighted by molar-refractivity contribution is -0.123. The van der Waals surface area contributed by atoms with Gasteiger partial charge in [-0.25, -0.2) is 0 Å². The highest BCUT2D eigenvalue weighted by Crippen LogP contribution is 2.18. The van der Waals surface area contributed by atoms with E-state index in [1.54, 1.807) is 25.1 Å². The van der Waals surface area contributed by atoms with E-state index in [1.807, 2.05) is 26.8 Å². The minimum Gasteiger partial charge on any atom is -0.484 e. The predicted octanol–water partition coefficient (Wildman–Crippen LogP) is 1.27. The predicted molar refractivity (Wildman–Crippen MR) is 82.1 cm³/mol. The molecule has 0 radical (unpaired) electrons. The van der Waals surface area contributed by atoms with Crippen LogP contribution in [0.2, 0.25) is 0 Å². The third kappa shape index (κ3) is 6.65. The van der Waals surface area contributed by atoms with Crippen molar-refractivity contribution in [3.63, 3.8) is 0 Å². The highest BCUT2D eigenvalue weighted by atomic mass is 16.5. The van der Waals surface area contributed by atoms with Crippen molar-refractivity contribution in [2.75, 3.05) is 11.9 Å². The van der Waals surface area contributed by atoms with Gasteiger partial charge in [-0.05, 0) is 39.8 Å². The number of rotatable bonds is 6. The van der Waals surface area contributed by atoms with Crippen LogP contribution in [0.1, 0.15) is 27.7 Å². The number of carbonyl (C=O) groups is 2. The van der Waals surface area contributed by atoms with Gasteiger partial charge < -0.3 is 21.1 Å². The number of ether oxygens (including phenoxy) is 1. The van der Waals surface area contributed by atoms with Crippen LogP contribution in [0.3, 0.4) is 0 Å². The molecule has 0 aliphatic rings. The summed E-state index contributed by atoms with van der Waals surface area (Å²) in [5.74, 6) is -0.112. The molecule has 0 bridgehead atoms. The molecule has 21 heavy (non-hydrogen) atoms. The summed E-state index contributed by atoms with van der Waals surface area (Å²) in [6.07, 6.45) is 0. The van der Waals surface area contributed by atoms with Gasteiger partial charge in [0.15, 0.2) is 6.61 Å². The third-order valence-corrected chi connectivity index (χ3v) is 2.49. The lowest BCUT2D eigenvalue weighted by atomic mass is 10.1. The van der Waals surface area contributed by atoms with Crippen molar-refractivity contribution in [1.82, 2.24) is 5.32 Å². The van der Waals surface area contributed by atoms with Gasteiger partial charge in [0, 0.05) is 17.3 Å². The summed E-state index contributed by atoms with van der Waals surface area (Å²) in [6, 6.07) is 6.62. The van der Waals surface area contributed by atoms with Crippen molar-refractivity contribution < 1.29 is 14.3 Å². The number of benzene rings is 1. The summed E-state index contributed by atoms with van der Waals surface area (Å²) in [6.45, 7) is 7.38. The molecule has 0 spiro atoms. The van der Waals surface area contributed by atoms with Crippen molar-refractivity contribution >= 4 is 17.5 Å². The molecule has 0 unspecified atom stereocenters. The van der Waals surface area contributed by atoms with Crippen molar-refractivity contribution in [3.8, 4) is 5.75 Å². The van der Waals surface area contributed by atoms with Crippen LogP contribution >= 0.6 is 0 Å². The molecular formula is C15H23N3O3. The van der Waals surface area contributed by atoms with Crippen LogP contribution in [-0.4, -0.2) is 30.0 Å². The van der Waals surface area contributed by atoms with Crippen molar-refractivity contribution in [1.29, 1.82) is 0 Å². The Bertz CT molecular complexity index is 509. The maximum Gasteiger partial charge on any atom is 0.255 e. The molecule has 6 nitrogen and oxygen atoms in total. The van der Waals surface area contributed by atoms with Crippen LogP contribution in [0.25, 0.3) is 0 Å².